The number of carbonyl (C=O) groups is 1. The van der Waals surface area contributed by atoms with Gasteiger partial charge in [-0.15, -0.1) is 0 Å². The minimum absolute atomic E-state index is 0.111. The van der Waals surface area contributed by atoms with Crippen molar-refractivity contribution in [3.05, 3.63) is 66.5 Å². The monoisotopic (exact) mass is 344 g/mol. The standard InChI is InChI=1S/C19H16N6O/c1-13(26)23-15-6-8-17(9-7-15)25-19-10-18(21-12-22-19)24-16-4-2-14(11-20)3-5-16/h2-10,12H,1H3,(H,23,26)(H2,21,22,24,25). The fourth-order valence-corrected chi connectivity index (χ4v) is 2.26. The summed E-state index contributed by atoms with van der Waals surface area (Å²) < 4.78 is 0. The van der Waals surface area contributed by atoms with Crippen molar-refractivity contribution >= 4 is 34.6 Å². The van der Waals surface area contributed by atoms with E-state index < -0.39 is 0 Å². The van der Waals surface area contributed by atoms with Crippen LogP contribution in [0.2, 0.25) is 0 Å². The number of aromatic nitrogens is 2. The predicted octanol–water partition coefficient (Wildman–Crippen LogP) is 3.79. The molecule has 0 bridgehead atoms. The number of hydrogen-bond acceptors (Lipinski definition) is 6. The average molecular weight is 344 g/mol. The van der Waals surface area contributed by atoms with Crippen LogP contribution in [0.3, 0.4) is 0 Å². The molecule has 3 rings (SSSR count). The topological polar surface area (TPSA) is 103 Å². The molecule has 0 spiro atoms. The van der Waals surface area contributed by atoms with Crippen LogP contribution in [0, 0.1) is 11.3 Å². The third-order valence-corrected chi connectivity index (χ3v) is 3.43. The summed E-state index contributed by atoms with van der Waals surface area (Å²) in [6, 6.07) is 18.3. The van der Waals surface area contributed by atoms with E-state index >= 15 is 0 Å². The Kier molecular flexibility index (Phi) is 5.05. The molecule has 1 aromatic heterocycles. The van der Waals surface area contributed by atoms with Gasteiger partial charge >= 0.3 is 0 Å². The first-order chi connectivity index (χ1) is 12.6. The van der Waals surface area contributed by atoms with Crippen molar-refractivity contribution in [2.45, 2.75) is 6.92 Å². The first kappa shape index (κ1) is 16.9. The number of nitriles is 1. The van der Waals surface area contributed by atoms with E-state index in [9.17, 15) is 4.79 Å². The molecule has 0 fully saturated rings. The third kappa shape index (κ3) is 4.55. The number of rotatable bonds is 5. The molecule has 0 saturated heterocycles. The van der Waals surface area contributed by atoms with E-state index in [0.717, 1.165) is 17.1 Å². The summed E-state index contributed by atoms with van der Waals surface area (Å²) in [5.74, 6) is 1.14. The highest BCUT2D eigenvalue weighted by Gasteiger charge is 2.02. The van der Waals surface area contributed by atoms with Gasteiger partial charge in [-0.25, -0.2) is 9.97 Å². The summed E-state index contributed by atoms with van der Waals surface area (Å²) in [5.41, 5.74) is 2.99. The van der Waals surface area contributed by atoms with Crippen LogP contribution in [0.1, 0.15) is 12.5 Å². The van der Waals surface area contributed by atoms with Crippen LogP contribution in [0.15, 0.2) is 60.9 Å². The van der Waals surface area contributed by atoms with Gasteiger partial charge in [-0.05, 0) is 48.5 Å². The van der Waals surface area contributed by atoms with Gasteiger partial charge in [0.15, 0.2) is 0 Å². The number of amides is 1. The van der Waals surface area contributed by atoms with Gasteiger partial charge < -0.3 is 16.0 Å². The molecule has 26 heavy (non-hydrogen) atoms. The quantitative estimate of drug-likeness (QED) is 0.650. The van der Waals surface area contributed by atoms with E-state index in [1.165, 1.54) is 13.3 Å². The van der Waals surface area contributed by atoms with E-state index in [0.29, 0.717) is 17.2 Å². The molecular formula is C19H16N6O. The molecule has 1 heterocycles. The Balaban J connectivity index is 1.68. The largest absolute Gasteiger partial charge is 0.340 e. The third-order valence-electron chi connectivity index (χ3n) is 3.43. The zero-order valence-corrected chi connectivity index (χ0v) is 14.0. The maximum atomic E-state index is 11.0. The second kappa shape index (κ2) is 7.77. The number of hydrogen-bond donors (Lipinski definition) is 3. The van der Waals surface area contributed by atoms with Crippen LogP contribution in [0.4, 0.5) is 28.7 Å². The molecule has 0 aliphatic carbocycles. The van der Waals surface area contributed by atoms with Crippen LogP contribution < -0.4 is 16.0 Å². The van der Waals surface area contributed by atoms with Gasteiger partial charge in [-0.2, -0.15) is 5.26 Å². The lowest BCUT2D eigenvalue weighted by Crippen LogP contribution is -2.05. The number of benzene rings is 2. The molecule has 0 aliphatic heterocycles. The average Bonchev–Trinajstić information content (AvgIpc) is 2.64. The first-order valence-corrected chi connectivity index (χ1v) is 7.86. The molecule has 3 N–H and O–H groups in total. The summed E-state index contributed by atoms with van der Waals surface area (Å²) in [7, 11) is 0. The normalized spacial score (nSPS) is 9.85. The van der Waals surface area contributed by atoms with Crippen LogP contribution in [-0.4, -0.2) is 15.9 Å². The molecule has 0 saturated carbocycles. The molecule has 0 aliphatic rings. The Morgan fingerprint density at radius 2 is 1.38 bits per heavy atom. The Bertz CT molecular complexity index is 945. The van der Waals surface area contributed by atoms with Crippen LogP contribution >= 0.6 is 0 Å². The van der Waals surface area contributed by atoms with E-state index in [4.69, 9.17) is 5.26 Å². The van der Waals surface area contributed by atoms with E-state index in [-0.39, 0.29) is 5.91 Å². The van der Waals surface area contributed by atoms with Gasteiger partial charge in [-0.3, -0.25) is 4.79 Å². The summed E-state index contributed by atoms with van der Waals surface area (Å²) in [6.45, 7) is 1.47. The van der Waals surface area contributed by atoms with Crippen LogP contribution in [-0.2, 0) is 4.79 Å². The van der Waals surface area contributed by atoms with Gasteiger partial charge in [0.2, 0.25) is 5.91 Å². The van der Waals surface area contributed by atoms with Crippen molar-refractivity contribution in [3.8, 4) is 6.07 Å². The highest BCUT2D eigenvalue weighted by Crippen LogP contribution is 2.21. The molecule has 0 radical (unpaired) electrons. The molecular weight excluding hydrogens is 328 g/mol. The zero-order chi connectivity index (χ0) is 18.4. The van der Waals surface area contributed by atoms with Gasteiger partial charge in [0, 0.05) is 30.1 Å². The molecule has 3 aromatic rings. The molecule has 0 unspecified atom stereocenters. The predicted molar refractivity (Wildman–Crippen MR) is 101 cm³/mol. The summed E-state index contributed by atoms with van der Waals surface area (Å²) >= 11 is 0. The van der Waals surface area contributed by atoms with Crippen LogP contribution in [0.5, 0.6) is 0 Å². The maximum Gasteiger partial charge on any atom is 0.221 e. The van der Waals surface area contributed by atoms with Crippen molar-refractivity contribution in [1.29, 1.82) is 5.26 Å². The van der Waals surface area contributed by atoms with E-state index in [1.807, 2.05) is 24.3 Å². The lowest BCUT2D eigenvalue weighted by atomic mass is 10.2. The Morgan fingerprint density at radius 1 is 0.885 bits per heavy atom. The van der Waals surface area contributed by atoms with Gasteiger partial charge in [-0.1, -0.05) is 0 Å². The van der Waals surface area contributed by atoms with Crippen LogP contribution in [0.25, 0.3) is 0 Å². The SMILES string of the molecule is CC(=O)Nc1ccc(Nc2cc(Nc3ccc(C#N)cc3)ncn2)cc1. The van der Waals surface area contributed by atoms with Crippen molar-refractivity contribution < 1.29 is 4.79 Å². The molecule has 7 heteroatoms. The second-order valence-corrected chi connectivity index (χ2v) is 5.49. The number of nitrogens with one attached hydrogen (secondary N) is 3. The Hall–Kier alpha value is -3.92. The van der Waals surface area contributed by atoms with E-state index in [2.05, 4.69) is 32.0 Å². The minimum atomic E-state index is -0.111. The molecule has 0 atom stereocenters. The van der Waals surface area contributed by atoms with Crippen molar-refractivity contribution in [3.63, 3.8) is 0 Å². The smallest absolute Gasteiger partial charge is 0.221 e. The summed E-state index contributed by atoms with van der Waals surface area (Å²) in [4.78, 5) is 19.4. The van der Waals surface area contributed by atoms with Crippen molar-refractivity contribution in [2.24, 2.45) is 0 Å². The van der Waals surface area contributed by atoms with Gasteiger partial charge in [0.05, 0.1) is 11.6 Å². The lowest BCUT2D eigenvalue weighted by molar-refractivity contribution is -0.114. The number of carbonyl (C=O) groups excluding carboxylic acids is 1. The second-order valence-electron chi connectivity index (χ2n) is 5.49. The fourth-order valence-electron chi connectivity index (χ4n) is 2.26. The number of nitrogens with zero attached hydrogens (tertiary/aromatic N) is 3. The van der Waals surface area contributed by atoms with Gasteiger partial charge in [0.1, 0.15) is 18.0 Å². The fraction of sp³-hybridized carbons (Fsp3) is 0.0526. The minimum Gasteiger partial charge on any atom is -0.340 e. The zero-order valence-electron chi connectivity index (χ0n) is 14.0. The van der Waals surface area contributed by atoms with Crippen molar-refractivity contribution in [2.75, 3.05) is 16.0 Å². The summed E-state index contributed by atoms with van der Waals surface area (Å²) in [5, 5.41) is 17.9. The molecule has 7 nitrogen and oxygen atoms in total. The van der Waals surface area contributed by atoms with Gasteiger partial charge in [0.25, 0.3) is 0 Å². The highest BCUT2D eigenvalue weighted by atomic mass is 16.1. The number of anilines is 5. The molecule has 128 valence electrons. The lowest BCUT2D eigenvalue weighted by Gasteiger charge is -2.09. The first-order valence-electron chi connectivity index (χ1n) is 7.86. The molecule has 2 aromatic carbocycles. The van der Waals surface area contributed by atoms with E-state index in [1.54, 1.807) is 30.3 Å². The summed E-state index contributed by atoms with van der Waals surface area (Å²) in [6.07, 6.45) is 1.46. The highest BCUT2D eigenvalue weighted by molar-refractivity contribution is 5.88. The van der Waals surface area contributed by atoms with Crippen molar-refractivity contribution in [1.82, 2.24) is 9.97 Å². The Morgan fingerprint density at radius 3 is 1.88 bits per heavy atom. The Labute approximate surface area is 150 Å². The molecule has 1 amide bonds. The maximum absolute atomic E-state index is 11.0.